The Hall–Kier alpha value is -0.530. The number of hydrogen-bond donors (Lipinski definition) is 0. The number of carbonyl (C=O) groups excluding carboxylic acids is 1. The molecule has 0 N–H and O–H groups in total. The Kier molecular flexibility index (Phi) is 10.0. The van der Waals surface area contributed by atoms with E-state index in [9.17, 15) is 4.79 Å². The minimum atomic E-state index is 0.278. The van der Waals surface area contributed by atoms with Crippen LogP contribution in [0.2, 0.25) is 0 Å². The Morgan fingerprint density at radius 2 is 1.67 bits per heavy atom. The molecule has 0 bridgehead atoms. The van der Waals surface area contributed by atoms with Crippen LogP contribution in [0.25, 0.3) is 0 Å². The molecular formula is C10H23NO. The molecule has 0 aromatic rings. The number of nitrogens with zero attached hydrogens (tertiary/aromatic N) is 1. The predicted octanol–water partition coefficient (Wildman–Crippen LogP) is 2.54. The number of rotatable bonds is 0. The summed E-state index contributed by atoms with van der Waals surface area (Å²) in [4.78, 5) is 12.6. The Labute approximate surface area is 77.0 Å². The smallest absolute Gasteiger partial charge is 0.225 e. The zero-order valence-corrected chi connectivity index (χ0v) is 9.35. The van der Waals surface area contributed by atoms with Gasteiger partial charge in [0.2, 0.25) is 5.91 Å². The Morgan fingerprint density at radius 3 is 1.75 bits per heavy atom. The number of likely N-dealkylation sites (tertiary alicyclic amines) is 1. The van der Waals surface area contributed by atoms with E-state index < -0.39 is 0 Å². The highest BCUT2D eigenvalue weighted by Crippen LogP contribution is 2.13. The molecule has 1 aliphatic heterocycles. The third-order valence-corrected chi connectivity index (χ3v) is 1.70. The zero-order valence-electron chi connectivity index (χ0n) is 9.35. The van der Waals surface area contributed by atoms with Crippen LogP contribution in [0.3, 0.4) is 0 Å². The van der Waals surface area contributed by atoms with Crippen molar-refractivity contribution in [3.05, 3.63) is 0 Å². The van der Waals surface area contributed by atoms with Crippen LogP contribution in [0.15, 0.2) is 0 Å². The molecule has 1 fully saturated rings. The van der Waals surface area contributed by atoms with Crippen LogP contribution in [0, 0.1) is 5.92 Å². The van der Waals surface area contributed by atoms with E-state index in [4.69, 9.17) is 0 Å². The molecule has 1 heterocycles. The molecule has 1 aliphatic rings. The van der Waals surface area contributed by atoms with Gasteiger partial charge in [0.25, 0.3) is 0 Å². The first-order valence-corrected chi connectivity index (χ1v) is 4.97. The maximum absolute atomic E-state index is 10.8. The molecule has 0 aromatic heterocycles. The third-order valence-electron chi connectivity index (χ3n) is 1.70. The van der Waals surface area contributed by atoms with Crippen LogP contribution >= 0.6 is 0 Å². The fourth-order valence-corrected chi connectivity index (χ4v) is 0.997. The zero-order chi connectivity index (χ0) is 10.1. The highest BCUT2D eigenvalue weighted by atomic mass is 16.2. The largest absolute Gasteiger partial charge is 0.346 e. The van der Waals surface area contributed by atoms with Crippen molar-refractivity contribution < 1.29 is 4.79 Å². The van der Waals surface area contributed by atoms with Crippen LogP contribution in [-0.4, -0.2) is 24.4 Å². The molecule has 0 spiro atoms. The molecule has 2 nitrogen and oxygen atoms in total. The Balaban J connectivity index is 0. The van der Waals surface area contributed by atoms with Crippen LogP contribution in [-0.2, 0) is 4.79 Å². The summed E-state index contributed by atoms with van der Waals surface area (Å²) < 4.78 is 0. The van der Waals surface area contributed by atoms with E-state index in [1.807, 2.05) is 41.7 Å². The van der Waals surface area contributed by atoms with Crippen LogP contribution in [0.1, 0.15) is 41.0 Å². The van der Waals surface area contributed by atoms with E-state index in [2.05, 4.69) is 0 Å². The fourth-order valence-electron chi connectivity index (χ4n) is 0.997. The van der Waals surface area contributed by atoms with Gasteiger partial charge >= 0.3 is 0 Å². The van der Waals surface area contributed by atoms with E-state index in [1.54, 1.807) is 4.90 Å². The van der Waals surface area contributed by atoms with Gasteiger partial charge in [-0.05, 0) is 6.42 Å². The number of amides is 1. The van der Waals surface area contributed by atoms with Gasteiger partial charge in [0.1, 0.15) is 0 Å². The highest BCUT2D eigenvalue weighted by Gasteiger charge is 2.23. The molecule has 1 saturated heterocycles. The van der Waals surface area contributed by atoms with Gasteiger partial charge in [-0.1, -0.05) is 34.6 Å². The second-order valence-electron chi connectivity index (χ2n) is 2.45. The van der Waals surface area contributed by atoms with Gasteiger partial charge in [0, 0.05) is 19.5 Å². The molecule has 12 heavy (non-hydrogen) atoms. The van der Waals surface area contributed by atoms with Gasteiger partial charge in [0.15, 0.2) is 0 Å². The van der Waals surface area contributed by atoms with Crippen molar-refractivity contribution in [2.75, 3.05) is 13.6 Å². The van der Waals surface area contributed by atoms with Gasteiger partial charge in [0.05, 0.1) is 0 Å². The second kappa shape index (κ2) is 8.57. The molecule has 1 atom stereocenters. The summed E-state index contributed by atoms with van der Waals surface area (Å²) in [5.74, 6) is 0.574. The van der Waals surface area contributed by atoms with E-state index in [0.29, 0.717) is 5.91 Å². The summed E-state index contributed by atoms with van der Waals surface area (Å²) in [5.41, 5.74) is 0. The van der Waals surface area contributed by atoms with Crippen molar-refractivity contribution in [1.82, 2.24) is 4.90 Å². The lowest BCUT2D eigenvalue weighted by molar-refractivity contribution is -0.129. The average Bonchev–Trinajstić information content (AvgIpc) is 2.43. The molecule has 1 unspecified atom stereocenters. The van der Waals surface area contributed by atoms with Crippen molar-refractivity contribution in [1.29, 1.82) is 0 Å². The monoisotopic (exact) mass is 173 g/mol. The number of carbonyl (C=O) groups is 1. The maximum Gasteiger partial charge on any atom is 0.225 e. The Morgan fingerprint density at radius 1 is 1.25 bits per heavy atom. The lowest BCUT2D eigenvalue weighted by atomic mass is 10.1. The van der Waals surface area contributed by atoms with Gasteiger partial charge < -0.3 is 4.90 Å². The molecular weight excluding hydrogens is 150 g/mol. The topological polar surface area (TPSA) is 20.3 Å². The van der Waals surface area contributed by atoms with Crippen LogP contribution < -0.4 is 0 Å². The third kappa shape index (κ3) is 4.37. The molecule has 74 valence electrons. The predicted molar refractivity (Wildman–Crippen MR) is 54.1 cm³/mol. The summed E-state index contributed by atoms with van der Waals surface area (Å²) in [6.07, 6.45) is 1.04. The average molecular weight is 173 g/mol. The van der Waals surface area contributed by atoms with Crippen molar-refractivity contribution in [3.63, 3.8) is 0 Å². The van der Waals surface area contributed by atoms with E-state index in [0.717, 1.165) is 13.0 Å². The molecule has 0 aliphatic carbocycles. The normalized spacial score (nSPS) is 20.7. The molecule has 0 radical (unpaired) electrons. The maximum atomic E-state index is 10.8. The second-order valence-corrected chi connectivity index (χ2v) is 2.45. The summed E-state index contributed by atoms with van der Waals surface area (Å²) in [6.45, 7) is 10.9. The van der Waals surface area contributed by atoms with Crippen LogP contribution in [0.5, 0.6) is 0 Å². The van der Waals surface area contributed by atoms with E-state index >= 15 is 0 Å². The molecule has 0 saturated carbocycles. The summed E-state index contributed by atoms with van der Waals surface area (Å²) >= 11 is 0. The van der Waals surface area contributed by atoms with Crippen molar-refractivity contribution in [3.8, 4) is 0 Å². The minimum absolute atomic E-state index is 0.278. The lowest BCUT2D eigenvalue weighted by Crippen LogP contribution is -2.21. The van der Waals surface area contributed by atoms with Gasteiger partial charge in [-0.2, -0.15) is 0 Å². The fraction of sp³-hybridized carbons (Fsp3) is 0.900. The SMILES string of the molecule is CC.CC.CC1CCN(C)C1=O. The van der Waals surface area contributed by atoms with Gasteiger partial charge in [-0.3, -0.25) is 4.79 Å². The van der Waals surface area contributed by atoms with Crippen molar-refractivity contribution in [2.24, 2.45) is 5.92 Å². The molecule has 1 amide bonds. The summed E-state index contributed by atoms with van der Waals surface area (Å²) in [6, 6.07) is 0. The first-order chi connectivity index (χ1) is 5.72. The standard InChI is InChI=1S/C6H11NO.2C2H6/c1-5-3-4-7(2)6(5)8;2*1-2/h5H,3-4H2,1-2H3;2*1-2H3. The quantitative estimate of drug-likeness (QED) is 0.551. The highest BCUT2D eigenvalue weighted by molar-refractivity contribution is 5.80. The van der Waals surface area contributed by atoms with E-state index in [-0.39, 0.29) is 5.92 Å². The summed E-state index contributed by atoms with van der Waals surface area (Å²) in [7, 11) is 1.85. The first-order valence-electron chi connectivity index (χ1n) is 4.97. The molecule has 0 aromatic carbocycles. The lowest BCUT2D eigenvalue weighted by Gasteiger charge is -2.05. The molecule has 1 rings (SSSR count). The van der Waals surface area contributed by atoms with Gasteiger partial charge in [-0.25, -0.2) is 0 Å². The van der Waals surface area contributed by atoms with E-state index in [1.165, 1.54) is 0 Å². The number of hydrogen-bond acceptors (Lipinski definition) is 1. The minimum Gasteiger partial charge on any atom is -0.346 e. The first kappa shape index (κ1) is 14.0. The Bertz CT molecular complexity index is 100. The van der Waals surface area contributed by atoms with Crippen molar-refractivity contribution >= 4 is 5.91 Å². The summed E-state index contributed by atoms with van der Waals surface area (Å²) in [5, 5.41) is 0. The van der Waals surface area contributed by atoms with Crippen molar-refractivity contribution in [2.45, 2.75) is 41.0 Å². The van der Waals surface area contributed by atoms with Crippen LogP contribution in [0.4, 0.5) is 0 Å². The molecule has 2 heteroatoms. The van der Waals surface area contributed by atoms with Gasteiger partial charge in [-0.15, -0.1) is 0 Å².